The monoisotopic (exact) mass is 369 g/mol. The number of halogens is 1. The first kappa shape index (κ1) is 18.2. The van der Waals surface area contributed by atoms with Gasteiger partial charge in [0, 0.05) is 22.2 Å². The Morgan fingerprint density at radius 1 is 1.27 bits per heavy atom. The van der Waals surface area contributed by atoms with Crippen molar-refractivity contribution in [3.63, 3.8) is 0 Å². The number of nitrogens with one attached hydrogen (secondary N) is 1. The molecule has 120 valence electrons. The Hall–Kier alpha value is -1.82. The van der Waals surface area contributed by atoms with Crippen molar-refractivity contribution in [2.45, 2.75) is 32.9 Å². The number of hydrogen-bond acceptors (Lipinski definition) is 4. The first-order valence-electron chi connectivity index (χ1n) is 6.86. The second-order valence-corrected chi connectivity index (χ2v) is 5.88. The predicted octanol–water partition coefficient (Wildman–Crippen LogP) is 2.93. The van der Waals surface area contributed by atoms with E-state index < -0.39 is 12.1 Å². The lowest BCUT2D eigenvalue weighted by Gasteiger charge is -2.14. The van der Waals surface area contributed by atoms with E-state index in [2.05, 4.69) is 21.2 Å². The molecule has 0 aromatic heterocycles. The fourth-order valence-corrected chi connectivity index (χ4v) is 2.04. The SMILES string of the molecule is COc1ccc(Br)cc1/C=C/C(=O)O[C@H](C)C(=O)NC(C)C. The normalized spacial score (nSPS) is 12.3. The molecule has 0 unspecified atom stereocenters. The molecule has 1 aromatic carbocycles. The molecule has 0 heterocycles. The number of benzene rings is 1. The minimum atomic E-state index is -0.844. The molecule has 1 atom stereocenters. The van der Waals surface area contributed by atoms with E-state index in [9.17, 15) is 9.59 Å². The van der Waals surface area contributed by atoms with Crippen LogP contribution < -0.4 is 10.1 Å². The highest BCUT2D eigenvalue weighted by atomic mass is 79.9. The topological polar surface area (TPSA) is 64.6 Å². The van der Waals surface area contributed by atoms with E-state index in [4.69, 9.17) is 9.47 Å². The third-order valence-corrected chi connectivity index (χ3v) is 3.18. The van der Waals surface area contributed by atoms with Crippen molar-refractivity contribution >= 4 is 33.9 Å². The maximum absolute atomic E-state index is 11.8. The van der Waals surface area contributed by atoms with Gasteiger partial charge in [-0.1, -0.05) is 15.9 Å². The Morgan fingerprint density at radius 3 is 2.55 bits per heavy atom. The van der Waals surface area contributed by atoms with Crippen molar-refractivity contribution in [2.75, 3.05) is 7.11 Å². The van der Waals surface area contributed by atoms with Gasteiger partial charge in [-0.25, -0.2) is 4.79 Å². The first-order chi connectivity index (χ1) is 10.3. The van der Waals surface area contributed by atoms with Crippen molar-refractivity contribution in [1.29, 1.82) is 0 Å². The largest absolute Gasteiger partial charge is 0.496 e. The zero-order valence-electron chi connectivity index (χ0n) is 13.1. The predicted molar refractivity (Wildman–Crippen MR) is 88.6 cm³/mol. The quantitative estimate of drug-likeness (QED) is 0.618. The van der Waals surface area contributed by atoms with Crippen molar-refractivity contribution in [2.24, 2.45) is 0 Å². The van der Waals surface area contributed by atoms with Crippen molar-refractivity contribution in [1.82, 2.24) is 5.32 Å². The highest BCUT2D eigenvalue weighted by Crippen LogP contribution is 2.24. The van der Waals surface area contributed by atoms with Gasteiger partial charge in [-0.3, -0.25) is 4.79 Å². The van der Waals surface area contributed by atoms with Gasteiger partial charge in [-0.05, 0) is 45.0 Å². The van der Waals surface area contributed by atoms with Crippen molar-refractivity contribution < 1.29 is 19.1 Å². The lowest BCUT2D eigenvalue weighted by Crippen LogP contribution is -2.39. The van der Waals surface area contributed by atoms with Gasteiger partial charge in [0.05, 0.1) is 7.11 Å². The summed E-state index contributed by atoms with van der Waals surface area (Å²) < 4.78 is 11.1. The molecule has 1 rings (SSSR count). The number of methoxy groups -OCH3 is 1. The lowest BCUT2D eigenvalue weighted by atomic mass is 10.2. The molecule has 6 heteroatoms. The molecule has 0 spiro atoms. The van der Waals surface area contributed by atoms with E-state index >= 15 is 0 Å². The number of carbonyl (C=O) groups excluding carboxylic acids is 2. The Kier molecular flexibility index (Phi) is 7.11. The molecule has 22 heavy (non-hydrogen) atoms. The summed E-state index contributed by atoms with van der Waals surface area (Å²) in [6, 6.07) is 5.44. The maximum Gasteiger partial charge on any atom is 0.331 e. The van der Waals surface area contributed by atoms with Crippen LogP contribution >= 0.6 is 15.9 Å². The number of hydrogen-bond donors (Lipinski definition) is 1. The minimum Gasteiger partial charge on any atom is -0.496 e. The number of rotatable bonds is 6. The summed E-state index contributed by atoms with van der Waals surface area (Å²) >= 11 is 3.36. The van der Waals surface area contributed by atoms with Crippen LogP contribution in [0.3, 0.4) is 0 Å². The molecule has 0 saturated carbocycles. The number of esters is 1. The van der Waals surface area contributed by atoms with Gasteiger partial charge in [0.15, 0.2) is 6.10 Å². The molecule has 0 aliphatic heterocycles. The summed E-state index contributed by atoms with van der Waals surface area (Å²) in [5, 5.41) is 2.68. The van der Waals surface area contributed by atoms with Gasteiger partial charge in [0.1, 0.15) is 5.75 Å². The van der Waals surface area contributed by atoms with Crippen LogP contribution in [0.15, 0.2) is 28.7 Å². The van der Waals surface area contributed by atoms with Crippen LogP contribution in [0.5, 0.6) is 5.75 Å². The summed E-state index contributed by atoms with van der Waals surface area (Å²) in [5.41, 5.74) is 0.730. The fraction of sp³-hybridized carbons (Fsp3) is 0.375. The molecule has 5 nitrogen and oxygen atoms in total. The number of ether oxygens (including phenoxy) is 2. The van der Waals surface area contributed by atoms with Crippen LogP contribution in [0, 0.1) is 0 Å². The molecule has 0 aliphatic carbocycles. The molecular formula is C16H20BrNO4. The van der Waals surface area contributed by atoms with Crippen LogP contribution in [0.2, 0.25) is 0 Å². The number of carbonyl (C=O) groups is 2. The van der Waals surface area contributed by atoms with Crippen LogP contribution in [-0.2, 0) is 14.3 Å². The molecule has 1 amide bonds. The van der Waals surface area contributed by atoms with E-state index in [-0.39, 0.29) is 11.9 Å². The van der Waals surface area contributed by atoms with Gasteiger partial charge in [0.2, 0.25) is 0 Å². The van der Waals surface area contributed by atoms with E-state index in [1.54, 1.807) is 19.3 Å². The van der Waals surface area contributed by atoms with E-state index in [0.29, 0.717) is 5.75 Å². The number of amides is 1. The fourth-order valence-electron chi connectivity index (χ4n) is 1.66. The summed E-state index contributed by atoms with van der Waals surface area (Å²) in [6.45, 7) is 5.21. The summed E-state index contributed by atoms with van der Waals surface area (Å²) in [5.74, 6) is -0.275. The van der Waals surface area contributed by atoms with E-state index in [1.165, 1.54) is 13.0 Å². The molecule has 0 fully saturated rings. The third kappa shape index (κ3) is 5.89. The molecule has 0 radical (unpaired) electrons. The average Bonchev–Trinajstić information content (AvgIpc) is 2.44. The third-order valence-electron chi connectivity index (χ3n) is 2.68. The zero-order valence-corrected chi connectivity index (χ0v) is 14.6. The molecule has 0 saturated heterocycles. The summed E-state index contributed by atoms with van der Waals surface area (Å²) in [6.07, 6.45) is 2.01. The standard InChI is InChI=1S/C16H20BrNO4/c1-10(2)18-16(20)11(3)22-15(19)8-5-12-9-13(17)6-7-14(12)21-4/h5-11H,1-4H3,(H,18,20)/b8-5+/t11-/m1/s1. The summed E-state index contributed by atoms with van der Waals surface area (Å²) in [7, 11) is 1.55. The molecule has 1 aromatic rings. The van der Waals surface area contributed by atoms with Gasteiger partial charge in [-0.2, -0.15) is 0 Å². The smallest absolute Gasteiger partial charge is 0.331 e. The highest BCUT2D eigenvalue weighted by molar-refractivity contribution is 9.10. The average molecular weight is 370 g/mol. The molecule has 0 aliphatic rings. The Morgan fingerprint density at radius 2 is 1.95 bits per heavy atom. The zero-order chi connectivity index (χ0) is 16.7. The molecule has 0 bridgehead atoms. The van der Waals surface area contributed by atoms with Crippen LogP contribution in [0.1, 0.15) is 26.3 Å². The lowest BCUT2D eigenvalue weighted by molar-refractivity contribution is -0.150. The minimum absolute atomic E-state index is 0.00451. The van der Waals surface area contributed by atoms with Crippen LogP contribution in [0.4, 0.5) is 0 Å². The second-order valence-electron chi connectivity index (χ2n) is 4.96. The van der Waals surface area contributed by atoms with Gasteiger partial charge >= 0.3 is 5.97 Å². The molecular weight excluding hydrogens is 350 g/mol. The van der Waals surface area contributed by atoms with E-state index in [1.807, 2.05) is 26.0 Å². The Labute approximate surface area is 138 Å². The van der Waals surface area contributed by atoms with Crippen molar-refractivity contribution in [3.05, 3.63) is 34.3 Å². The maximum atomic E-state index is 11.8. The second kappa shape index (κ2) is 8.58. The summed E-state index contributed by atoms with van der Waals surface area (Å²) in [4.78, 5) is 23.4. The molecule has 1 N–H and O–H groups in total. The Bertz CT molecular complexity index is 569. The first-order valence-corrected chi connectivity index (χ1v) is 7.65. The van der Waals surface area contributed by atoms with Crippen molar-refractivity contribution in [3.8, 4) is 5.75 Å². The van der Waals surface area contributed by atoms with Gasteiger partial charge in [-0.15, -0.1) is 0 Å². The van der Waals surface area contributed by atoms with Gasteiger partial charge in [0.25, 0.3) is 5.91 Å². The van der Waals surface area contributed by atoms with Crippen LogP contribution in [-0.4, -0.2) is 31.1 Å². The Balaban J connectivity index is 2.68. The van der Waals surface area contributed by atoms with Crippen LogP contribution in [0.25, 0.3) is 6.08 Å². The highest BCUT2D eigenvalue weighted by Gasteiger charge is 2.16. The van der Waals surface area contributed by atoms with E-state index in [0.717, 1.165) is 10.0 Å². The van der Waals surface area contributed by atoms with Gasteiger partial charge < -0.3 is 14.8 Å².